The molecule has 0 aliphatic carbocycles. The van der Waals surface area contributed by atoms with Crippen molar-refractivity contribution in [2.24, 2.45) is 0 Å². The highest BCUT2D eigenvalue weighted by molar-refractivity contribution is 7.19. The summed E-state index contributed by atoms with van der Waals surface area (Å²) in [6, 6.07) is 9.44. The molecule has 194 valence electrons. The number of nitrogens with one attached hydrogen (secondary N) is 2. The Morgan fingerprint density at radius 3 is 2.78 bits per heavy atom. The molecule has 4 rings (SSSR count). The van der Waals surface area contributed by atoms with Gasteiger partial charge in [0.25, 0.3) is 0 Å². The number of aryl methyl sites for hydroxylation is 2. The number of pyridine rings is 1. The maximum absolute atomic E-state index is 12.8. The second-order valence-corrected chi connectivity index (χ2v) is 11.3. The number of amides is 3. The molecule has 9 heteroatoms. The second-order valence-electron chi connectivity index (χ2n) is 10.2. The van der Waals surface area contributed by atoms with Crippen molar-refractivity contribution in [2.75, 3.05) is 12.4 Å². The van der Waals surface area contributed by atoms with Crippen LogP contribution < -0.4 is 10.6 Å². The van der Waals surface area contributed by atoms with Gasteiger partial charge in [-0.15, -0.1) is 11.3 Å². The van der Waals surface area contributed by atoms with Gasteiger partial charge in [0.05, 0.1) is 6.54 Å². The number of hydrogen-bond acceptors (Lipinski definition) is 6. The summed E-state index contributed by atoms with van der Waals surface area (Å²) in [5, 5.41) is 6.64. The van der Waals surface area contributed by atoms with E-state index in [9.17, 15) is 14.4 Å². The molecule has 0 unspecified atom stereocenters. The predicted molar refractivity (Wildman–Crippen MR) is 146 cm³/mol. The maximum Gasteiger partial charge on any atom is 0.408 e. The van der Waals surface area contributed by atoms with Gasteiger partial charge in [0.2, 0.25) is 11.8 Å². The molecular weight excluding hydrogens is 488 g/mol. The summed E-state index contributed by atoms with van der Waals surface area (Å²) in [5.41, 5.74) is 2.15. The zero-order valence-electron chi connectivity index (χ0n) is 21.8. The van der Waals surface area contributed by atoms with E-state index in [0.29, 0.717) is 25.2 Å². The first kappa shape index (κ1) is 26.3. The number of anilines is 1. The Kier molecular flexibility index (Phi) is 7.63. The lowest BCUT2D eigenvalue weighted by Crippen LogP contribution is -2.45. The Morgan fingerprint density at radius 1 is 1.30 bits per heavy atom. The van der Waals surface area contributed by atoms with Gasteiger partial charge in [0.15, 0.2) is 0 Å². The fourth-order valence-corrected chi connectivity index (χ4v) is 5.37. The van der Waals surface area contributed by atoms with Crippen LogP contribution in [0.5, 0.6) is 0 Å². The van der Waals surface area contributed by atoms with E-state index in [1.54, 1.807) is 56.3 Å². The molecule has 0 saturated carbocycles. The number of rotatable bonds is 5. The van der Waals surface area contributed by atoms with Crippen molar-refractivity contribution in [3.8, 4) is 0 Å². The maximum atomic E-state index is 12.8. The summed E-state index contributed by atoms with van der Waals surface area (Å²) in [6.07, 6.45) is 5.18. The first-order valence-corrected chi connectivity index (χ1v) is 13.0. The molecule has 0 fully saturated rings. The standard InChI is InChI=1S/C28H32N4O4S/c1-17-20-8-6-7-9-22(20)37-23(17)16-32(5)24(33)13-10-18-14-19-11-12-21(26(34)31-25(19)29-15-18)30-27(35)36-28(2,3)4/h6-10,13-15,21H,11-12,16H2,1-5H3,(H,30,35)(H,29,31,34)/b13-10+/t21-/m0/s1. The van der Waals surface area contributed by atoms with Crippen LogP contribution >= 0.6 is 11.3 Å². The highest BCUT2D eigenvalue weighted by atomic mass is 32.1. The van der Waals surface area contributed by atoms with E-state index in [1.165, 1.54) is 26.6 Å². The average Bonchev–Trinajstić information content (AvgIpc) is 3.05. The largest absolute Gasteiger partial charge is 0.444 e. The van der Waals surface area contributed by atoms with Gasteiger partial charge >= 0.3 is 6.09 Å². The van der Waals surface area contributed by atoms with E-state index < -0.39 is 17.7 Å². The van der Waals surface area contributed by atoms with Gasteiger partial charge in [-0.2, -0.15) is 0 Å². The topological polar surface area (TPSA) is 101 Å². The van der Waals surface area contributed by atoms with Crippen LogP contribution in [0.15, 0.2) is 42.6 Å². The summed E-state index contributed by atoms with van der Waals surface area (Å²) in [5.74, 6) is 0.00906. The normalized spacial score (nSPS) is 15.7. The molecule has 0 saturated heterocycles. The van der Waals surface area contributed by atoms with E-state index >= 15 is 0 Å². The molecule has 1 aliphatic heterocycles. The molecule has 2 N–H and O–H groups in total. The molecule has 8 nitrogen and oxygen atoms in total. The van der Waals surface area contributed by atoms with Crippen LogP contribution in [0.25, 0.3) is 16.2 Å². The fourth-order valence-electron chi connectivity index (χ4n) is 4.11. The monoisotopic (exact) mass is 520 g/mol. The number of ether oxygens (including phenoxy) is 1. The molecule has 3 aromatic rings. The van der Waals surface area contributed by atoms with Crippen molar-refractivity contribution < 1.29 is 19.1 Å². The van der Waals surface area contributed by atoms with Crippen molar-refractivity contribution in [2.45, 2.75) is 58.7 Å². The molecule has 3 amide bonds. The Balaban J connectivity index is 1.39. The van der Waals surface area contributed by atoms with E-state index in [4.69, 9.17) is 4.74 Å². The molecular formula is C28H32N4O4S. The Bertz CT molecular complexity index is 1370. The number of aromatic nitrogens is 1. The lowest BCUT2D eigenvalue weighted by molar-refractivity contribution is -0.125. The van der Waals surface area contributed by atoms with Crippen LogP contribution in [-0.2, 0) is 27.3 Å². The molecule has 3 heterocycles. The van der Waals surface area contributed by atoms with Gasteiger partial charge in [-0.25, -0.2) is 9.78 Å². The quantitative estimate of drug-likeness (QED) is 0.459. The SMILES string of the molecule is Cc1c(CN(C)C(=O)/C=C/c2cnc3c(c2)CC[C@H](NC(=O)OC(C)(C)C)C(=O)N3)sc2ccccc12. The average molecular weight is 521 g/mol. The van der Waals surface area contributed by atoms with Gasteiger partial charge < -0.3 is 20.3 Å². The van der Waals surface area contributed by atoms with Crippen LogP contribution in [0.1, 0.15) is 48.8 Å². The van der Waals surface area contributed by atoms with Gasteiger partial charge in [0.1, 0.15) is 17.5 Å². The smallest absolute Gasteiger partial charge is 0.408 e. The van der Waals surface area contributed by atoms with Crippen molar-refractivity contribution in [3.05, 3.63) is 64.2 Å². The number of alkyl carbamates (subject to hydrolysis) is 1. The van der Waals surface area contributed by atoms with E-state index in [1.807, 2.05) is 18.2 Å². The molecule has 0 radical (unpaired) electrons. The molecule has 1 aliphatic rings. The van der Waals surface area contributed by atoms with Crippen molar-refractivity contribution >= 4 is 51.2 Å². The lowest BCUT2D eigenvalue weighted by atomic mass is 10.1. The number of benzene rings is 1. The third-order valence-electron chi connectivity index (χ3n) is 6.06. The predicted octanol–water partition coefficient (Wildman–Crippen LogP) is 5.05. The van der Waals surface area contributed by atoms with Crippen LogP contribution in [-0.4, -0.2) is 46.5 Å². The fraction of sp³-hybridized carbons (Fsp3) is 0.357. The Labute approximate surface area is 220 Å². The van der Waals surface area contributed by atoms with E-state index in [2.05, 4.69) is 34.7 Å². The summed E-state index contributed by atoms with van der Waals surface area (Å²) in [4.78, 5) is 44.8. The van der Waals surface area contributed by atoms with E-state index in [-0.39, 0.29) is 11.8 Å². The number of carbonyl (C=O) groups excluding carboxylic acids is 3. The Hall–Kier alpha value is -3.72. The van der Waals surface area contributed by atoms with Gasteiger partial charge in [0, 0.05) is 28.9 Å². The molecule has 2 aromatic heterocycles. The molecule has 0 spiro atoms. The second kappa shape index (κ2) is 10.7. The number of fused-ring (bicyclic) bond motifs is 2. The summed E-state index contributed by atoms with van der Waals surface area (Å²) >= 11 is 1.71. The van der Waals surface area contributed by atoms with Crippen molar-refractivity contribution in [1.29, 1.82) is 0 Å². The zero-order valence-corrected chi connectivity index (χ0v) is 22.6. The van der Waals surface area contributed by atoms with E-state index in [0.717, 1.165) is 11.1 Å². The number of thiophene rings is 1. The minimum absolute atomic E-state index is 0.110. The van der Waals surface area contributed by atoms with Gasteiger partial charge in [-0.05, 0) is 80.8 Å². The van der Waals surface area contributed by atoms with Crippen LogP contribution in [0.3, 0.4) is 0 Å². The van der Waals surface area contributed by atoms with Crippen molar-refractivity contribution in [1.82, 2.24) is 15.2 Å². The highest BCUT2D eigenvalue weighted by Gasteiger charge is 2.28. The molecule has 37 heavy (non-hydrogen) atoms. The number of hydrogen-bond donors (Lipinski definition) is 2. The molecule has 1 atom stereocenters. The van der Waals surface area contributed by atoms with Crippen molar-refractivity contribution in [3.63, 3.8) is 0 Å². The highest BCUT2D eigenvalue weighted by Crippen LogP contribution is 2.31. The number of likely N-dealkylation sites (N-methyl/N-ethyl adjacent to an activating group) is 1. The summed E-state index contributed by atoms with van der Waals surface area (Å²) in [7, 11) is 1.79. The third kappa shape index (κ3) is 6.54. The van der Waals surface area contributed by atoms with Gasteiger partial charge in [-0.1, -0.05) is 18.2 Å². The van der Waals surface area contributed by atoms with Crippen LogP contribution in [0, 0.1) is 6.92 Å². The number of carbonyl (C=O) groups is 3. The minimum Gasteiger partial charge on any atom is -0.444 e. The minimum atomic E-state index is -0.726. The molecule has 0 bridgehead atoms. The lowest BCUT2D eigenvalue weighted by Gasteiger charge is -2.22. The first-order valence-electron chi connectivity index (χ1n) is 12.2. The first-order chi connectivity index (χ1) is 17.5. The summed E-state index contributed by atoms with van der Waals surface area (Å²) < 4.78 is 6.49. The van der Waals surface area contributed by atoms with Crippen LogP contribution in [0.4, 0.5) is 10.6 Å². The summed E-state index contributed by atoms with van der Waals surface area (Å²) in [6.45, 7) is 7.93. The number of nitrogens with zero attached hydrogens (tertiary/aromatic N) is 2. The Morgan fingerprint density at radius 2 is 2.05 bits per heavy atom. The van der Waals surface area contributed by atoms with Gasteiger partial charge in [-0.3, -0.25) is 9.59 Å². The van der Waals surface area contributed by atoms with Crippen LogP contribution in [0.2, 0.25) is 0 Å². The molecule has 1 aromatic carbocycles. The zero-order chi connectivity index (χ0) is 26.7. The third-order valence-corrected chi connectivity index (χ3v) is 7.31.